The van der Waals surface area contributed by atoms with Gasteiger partial charge in [-0.25, -0.2) is 4.39 Å². The van der Waals surface area contributed by atoms with Crippen LogP contribution in [0.15, 0.2) is 48.5 Å². The number of nitrogens with zero attached hydrogens (tertiary/aromatic N) is 1. The minimum absolute atomic E-state index is 0.0846. The highest BCUT2D eigenvalue weighted by molar-refractivity contribution is 6.31. The summed E-state index contributed by atoms with van der Waals surface area (Å²) in [6.45, 7) is 2.71. The first-order chi connectivity index (χ1) is 9.63. The van der Waals surface area contributed by atoms with Crippen molar-refractivity contribution in [1.29, 1.82) is 0 Å². The van der Waals surface area contributed by atoms with Crippen LogP contribution in [0.3, 0.4) is 0 Å². The van der Waals surface area contributed by atoms with E-state index in [0.717, 1.165) is 5.56 Å². The Morgan fingerprint density at radius 3 is 2.45 bits per heavy atom. The van der Waals surface area contributed by atoms with E-state index >= 15 is 0 Å². The largest absolute Gasteiger partial charge is 0.334 e. The van der Waals surface area contributed by atoms with E-state index < -0.39 is 5.82 Å². The minimum Gasteiger partial charge on any atom is -0.334 e. The van der Waals surface area contributed by atoms with E-state index in [9.17, 15) is 9.18 Å². The number of benzene rings is 2. The highest BCUT2D eigenvalue weighted by Gasteiger charge is 2.18. The summed E-state index contributed by atoms with van der Waals surface area (Å²) < 4.78 is 13.7. The van der Waals surface area contributed by atoms with Gasteiger partial charge in [0.1, 0.15) is 5.82 Å². The zero-order chi connectivity index (χ0) is 14.5. The van der Waals surface area contributed by atoms with Crippen molar-refractivity contribution in [2.75, 3.05) is 6.54 Å². The topological polar surface area (TPSA) is 20.3 Å². The summed E-state index contributed by atoms with van der Waals surface area (Å²) in [6, 6.07) is 13.3. The van der Waals surface area contributed by atoms with Crippen LogP contribution in [0, 0.1) is 5.82 Å². The Labute approximate surface area is 122 Å². The van der Waals surface area contributed by atoms with Gasteiger partial charge in [0.15, 0.2) is 0 Å². The lowest BCUT2D eigenvalue weighted by molar-refractivity contribution is 0.0748. The van der Waals surface area contributed by atoms with Gasteiger partial charge in [0, 0.05) is 18.1 Å². The molecule has 2 aromatic carbocycles. The van der Waals surface area contributed by atoms with Crippen molar-refractivity contribution in [2.45, 2.75) is 13.5 Å². The number of hydrogen-bond acceptors (Lipinski definition) is 1. The van der Waals surface area contributed by atoms with Gasteiger partial charge >= 0.3 is 0 Å². The van der Waals surface area contributed by atoms with Crippen LogP contribution in [0.25, 0.3) is 0 Å². The molecule has 0 unspecified atom stereocenters. The molecule has 4 heteroatoms. The molecule has 0 saturated carbocycles. The number of carbonyl (C=O) groups is 1. The van der Waals surface area contributed by atoms with Crippen molar-refractivity contribution < 1.29 is 9.18 Å². The Balaban J connectivity index is 2.23. The van der Waals surface area contributed by atoms with E-state index in [2.05, 4.69) is 0 Å². The maximum atomic E-state index is 13.7. The van der Waals surface area contributed by atoms with Crippen LogP contribution in [-0.4, -0.2) is 17.4 Å². The van der Waals surface area contributed by atoms with Gasteiger partial charge in [0.05, 0.1) is 5.56 Å². The smallest absolute Gasteiger partial charge is 0.257 e. The molecule has 20 heavy (non-hydrogen) atoms. The fourth-order valence-electron chi connectivity index (χ4n) is 1.96. The summed E-state index contributed by atoms with van der Waals surface area (Å²) in [7, 11) is 0. The van der Waals surface area contributed by atoms with Gasteiger partial charge in [-0.1, -0.05) is 41.9 Å². The molecule has 0 aliphatic heterocycles. The summed E-state index contributed by atoms with van der Waals surface area (Å²) >= 11 is 6.10. The van der Waals surface area contributed by atoms with Crippen LogP contribution in [0.2, 0.25) is 5.02 Å². The zero-order valence-electron chi connectivity index (χ0n) is 11.1. The molecule has 0 heterocycles. The second-order valence-electron chi connectivity index (χ2n) is 4.39. The van der Waals surface area contributed by atoms with E-state index in [1.54, 1.807) is 23.1 Å². The van der Waals surface area contributed by atoms with Crippen LogP contribution < -0.4 is 0 Å². The fraction of sp³-hybridized carbons (Fsp3) is 0.188. The van der Waals surface area contributed by atoms with Gasteiger partial charge in [0.2, 0.25) is 0 Å². The number of rotatable bonds is 4. The monoisotopic (exact) mass is 291 g/mol. The van der Waals surface area contributed by atoms with E-state index in [0.29, 0.717) is 18.1 Å². The Hall–Kier alpha value is -1.87. The van der Waals surface area contributed by atoms with Gasteiger partial charge in [-0.05, 0) is 30.7 Å². The molecule has 0 bridgehead atoms. The fourth-order valence-corrected chi connectivity index (χ4v) is 2.16. The molecule has 0 aliphatic rings. The van der Waals surface area contributed by atoms with Gasteiger partial charge < -0.3 is 4.90 Å². The lowest BCUT2D eigenvalue weighted by atomic mass is 10.1. The summed E-state index contributed by atoms with van der Waals surface area (Å²) in [6.07, 6.45) is 0. The Morgan fingerprint density at radius 1 is 1.15 bits per heavy atom. The van der Waals surface area contributed by atoms with E-state index in [1.807, 2.05) is 25.1 Å². The molecule has 2 aromatic rings. The molecule has 0 radical (unpaired) electrons. The molecule has 2 rings (SSSR count). The predicted molar refractivity (Wildman–Crippen MR) is 78.3 cm³/mol. The first-order valence-corrected chi connectivity index (χ1v) is 6.78. The number of carbonyl (C=O) groups excluding carboxylic acids is 1. The molecule has 1 amide bonds. The zero-order valence-corrected chi connectivity index (χ0v) is 11.9. The second kappa shape index (κ2) is 6.53. The molecular formula is C16H15ClFNO. The quantitative estimate of drug-likeness (QED) is 0.829. The van der Waals surface area contributed by atoms with Crippen LogP contribution in [0.5, 0.6) is 0 Å². The third-order valence-electron chi connectivity index (χ3n) is 3.09. The lowest BCUT2D eigenvalue weighted by Gasteiger charge is -2.21. The van der Waals surface area contributed by atoms with Crippen molar-refractivity contribution in [3.05, 3.63) is 70.5 Å². The third-order valence-corrected chi connectivity index (χ3v) is 3.46. The van der Waals surface area contributed by atoms with Crippen molar-refractivity contribution in [2.24, 2.45) is 0 Å². The van der Waals surface area contributed by atoms with Gasteiger partial charge in [-0.2, -0.15) is 0 Å². The first-order valence-electron chi connectivity index (χ1n) is 6.40. The molecule has 0 N–H and O–H groups in total. The molecule has 0 aliphatic carbocycles. The average Bonchev–Trinajstić information content (AvgIpc) is 2.46. The molecule has 2 nitrogen and oxygen atoms in total. The van der Waals surface area contributed by atoms with Gasteiger partial charge in [-0.15, -0.1) is 0 Å². The van der Waals surface area contributed by atoms with Crippen molar-refractivity contribution in [1.82, 2.24) is 4.90 Å². The molecule has 0 saturated heterocycles. The average molecular weight is 292 g/mol. The number of amides is 1. The first kappa shape index (κ1) is 14.5. The van der Waals surface area contributed by atoms with Crippen molar-refractivity contribution in [3.63, 3.8) is 0 Å². The molecular weight excluding hydrogens is 277 g/mol. The SMILES string of the molecule is CCN(Cc1ccccc1Cl)C(=O)c1ccccc1F. The summed E-state index contributed by atoms with van der Waals surface area (Å²) in [4.78, 5) is 13.9. The van der Waals surface area contributed by atoms with Gasteiger partial charge in [-0.3, -0.25) is 4.79 Å². The molecule has 0 fully saturated rings. The maximum Gasteiger partial charge on any atom is 0.257 e. The summed E-state index contributed by atoms with van der Waals surface area (Å²) in [5, 5.41) is 0.604. The summed E-state index contributed by atoms with van der Waals surface area (Å²) in [5.74, 6) is -0.833. The van der Waals surface area contributed by atoms with Gasteiger partial charge in [0.25, 0.3) is 5.91 Å². The third kappa shape index (κ3) is 3.17. The Bertz CT molecular complexity index is 615. The standard InChI is InChI=1S/C16H15ClFNO/c1-2-19(11-12-7-3-5-9-14(12)17)16(20)13-8-4-6-10-15(13)18/h3-10H,2,11H2,1H3. The molecule has 0 atom stereocenters. The highest BCUT2D eigenvalue weighted by Crippen LogP contribution is 2.19. The lowest BCUT2D eigenvalue weighted by Crippen LogP contribution is -2.31. The number of hydrogen-bond donors (Lipinski definition) is 0. The van der Waals surface area contributed by atoms with Crippen LogP contribution in [0.1, 0.15) is 22.8 Å². The normalized spacial score (nSPS) is 10.3. The van der Waals surface area contributed by atoms with Crippen LogP contribution in [0.4, 0.5) is 4.39 Å². The van der Waals surface area contributed by atoms with Crippen molar-refractivity contribution >= 4 is 17.5 Å². The maximum absolute atomic E-state index is 13.7. The Kier molecular flexibility index (Phi) is 4.74. The van der Waals surface area contributed by atoms with Crippen LogP contribution >= 0.6 is 11.6 Å². The predicted octanol–water partition coefficient (Wildman–Crippen LogP) is 4.14. The summed E-state index contributed by atoms with van der Waals surface area (Å²) in [5.41, 5.74) is 0.933. The number of halogens is 2. The second-order valence-corrected chi connectivity index (χ2v) is 4.80. The highest BCUT2D eigenvalue weighted by atomic mass is 35.5. The molecule has 0 aromatic heterocycles. The molecule has 0 spiro atoms. The van der Waals surface area contributed by atoms with E-state index in [1.165, 1.54) is 12.1 Å². The Morgan fingerprint density at radius 2 is 1.80 bits per heavy atom. The minimum atomic E-state index is -0.505. The van der Waals surface area contributed by atoms with E-state index in [4.69, 9.17) is 11.6 Å². The molecule has 104 valence electrons. The van der Waals surface area contributed by atoms with Crippen molar-refractivity contribution in [3.8, 4) is 0 Å². The van der Waals surface area contributed by atoms with Crippen LogP contribution in [-0.2, 0) is 6.54 Å². The van der Waals surface area contributed by atoms with E-state index in [-0.39, 0.29) is 11.5 Å².